The maximum Gasteiger partial charge on any atom is 0.331 e. The number of hydrogen-bond donors (Lipinski definition) is 0. The highest BCUT2D eigenvalue weighted by molar-refractivity contribution is 5.87. The van der Waals surface area contributed by atoms with E-state index in [-0.39, 0.29) is 6.42 Å². The Hall–Kier alpha value is -2.34. The van der Waals surface area contributed by atoms with Crippen LogP contribution in [-0.4, -0.2) is 11.6 Å². The lowest BCUT2D eigenvalue weighted by molar-refractivity contribution is -0.159. The molecule has 1 aromatic rings. The zero-order chi connectivity index (χ0) is 15.9. The molecule has 0 saturated carbocycles. The van der Waals surface area contributed by atoms with Crippen molar-refractivity contribution >= 4 is 5.97 Å². The molecule has 0 saturated heterocycles. The molecule has 0 aliphatic rings. The van der Waals surface area contributed by atoms with Gasteiger partial charge in [0.15, 0.2) is 5.41 Å². The lowest BCUT2D eigenvalue weighted by Gasteiger charge is -2.29. The highest BCUT2D eigenvalue weighted by Gasteiger charge is 2.43. The average molecular weight is 283 g/mol. The Morgan fingerprint density at radius 1 is 1.33 bits per heavy atom. The second kappa shape index (κ2) is 6.90. The lowest BCUT2D eigenvalue weighted by atomic mass is 9.78. The standard InChI is InChI=1S/C18H21NO2/c1-5-6-10-13-18(14-19,15-11-8-7-9-12-15)16(20)21-17(2,3)4/h5-12H,1,13H2,2-4H3/b10-6+. The molecule has 0 fully saturated rings. The monoisotopic (exact) mass is 283 g/mol. The third-order valence-corrected chi connectivity index (χ3v) is 2.90. The second-order valence-electron chi connectivity index (χ2n) is 5.75. The first-order chi connectivity index (χ1) is 9.85. The Kier molecular flexibility index (Phi) is 5.49. The summed E-state index contributed by atoms with van der Waals surface area (Å²) in [5, 5.41) is 9.69. The van der Waals surface area contributed by atoms with Crippen LogP contribution in [0.2, 0.25) is 0 Å². The van der Waals surface area contributed by atoms with Crippen LogP contribution in [0, 0.1) is 11.3 Å². The Balaban J connectivity index is 3.27. The van der Waals surface area contributed by atoms with Gasteiger partial charge in [-0.05, 0) is 32.8 Å². The van der Waals surface area contributed by atoms with E-state index >= 15 is 0 Å². The van der Waals surface area contributed by atoms with Gasteiger partial charge >= 0.3 is 5.97 Å². The van der Waals surface area contributed by atoms with Gasteiger partial charge in [0.25, 0.3) is 0 Å². The van der Waals surface area contributed by atoms with Crippen molar-refractivity contribution < 1.29 is 9.53 Å². The van der Waals surface area contributed by atoms with Crippen LogP contribution in [0.4, 0.5) is 0 Å². The minimum atomic E-state index is -1.34. The van der Waals surface area contributed by atoms with E-state index in [0.29, 0.717) is 5.56 Å². The quantitative estimate of drug-likeness (QED) is 0.608. The maximum absolute atomic E-state index is 12.6. The van der Waals surface area contributed by atoms with Crippen LogP contribution in [0.3, 0.4) is 0 Å². The normalized spacial score (nSPS) is 14.2. The molecule has 0 amide bonds. The second-order valence-corrected chi connectivity index (χ2v) is 5.75. The molecule has 110 valence electrons. The molecule has 0 radical (unpaired) electrons. The molecule has 1 unspecified atom stereocenters. The van der Waals surface area contributed by atoms with E-state index in [1.807, 2.05) is 18.2 Å². The molecule has 0 heterocycles. The molecule has 0 bridgehead atoms. The Bertz CT molecular complexity index is 561. The first kappa shape index (κ1) is 16.7. The number of nitriles is 1. The van der Waals surface area contributed by atoms with Crippen LogP contribution in [0.5, 0.6) is 0 Å². The maximum atomic E-state index is 12.6. The largest absolute Gasteiger partial charge is 0.459 e. The highest BCUT2D eigenvalue weighted by Crippen LogP contribution is 2.31. The van der Waals surface area contributed by atoms with E-state index in [1.165, 1.54) is 0 Å². The van der Waals surface area contributed by atoms with Gasteiger partial charge in [-0.2, -0.15) is 5.26 Å². The van der Waals surface area contributed by atoms with E-state index < -0.39 is 17.0 Å². The van der Waals surface area contributed by atoms with Gasteiger partial charge in [0.1, 0.15) is 5.60 Å². The first-order valence-electron chi connectivity index (χ1n) is 6.83. The number of esters is 1. The fourth-order valence-corrected chi connectivity index (χ4v) is 1.90. The van der Waals surface area contributed by atoms with Crippen molar-refractivity contribution in [3.63, 3.8) is 0 Å². The number of carbonyl (C=O) groups is 1. The predicted molar refractivity (Wildman–Crippen MR) is 83.5 cm³/mol. The Labute approximate surface area is 126 Å². The van der Waals surface area contributed by atoms with Gasteiger partial charge in [-0.25, -0.2) is 4.79 Å². The molecule has 0 N–H and O–H groups in total. The summed E-state index contributed by atoms with van der Waals surface area (Å²) in [6, 6.07) is 11.2. The SMILES string of the molecule is C=C/C=C/CC(C#N)(C(=O)OC(C)(C)C)c1ccccc1. The number of nitrogens with zero attached hydrogens (tertiary/aromatic N) is 1. The summed E-state index contributed by atoms with van der Waals surface area (Å²) < 4.78 is 5.46. The molecule has 1 atom stereocenters. The smallest absolute Gasteiger partial charge is 0.331 e. The number of rotatable bonds is 5. The minimum absolute atomic E-state index is 0.244. The summed E-state index contributed by atoms with van der Waals surface area (Å²) >= 11 is 0. The van der Waals surface area contributed by atoms with E-state index in [0.717, 1.165) is 0 Å². The minimum Gasteiger partial charge on any atom is -0.459 e. The third-order valence-electron chi connectivity index (χ3n) is 2.90. The van der Waals surface area contributed by atoms with Crippen LogP contribution in [-0.2, 0) is 14.9 Å². The topological polar surface area (TPSA) is 50.1 Å². The number of benzene rings is 1. The summed E-state index contributed by atoms with van der Waals surface area (Å²) in [5.74, 6) is -0.530. The molecule has 1 rings (SSSR count). The van der Waals surface area contributed by atoms with Crippen molar-refractivity contribution in [1.29, 1.82) is 5.26 Å². The van der Waals surface area contributed by atoms with Crippen molar-refractivity contribution in [2.24, 2.45) is 0 Å². The van der Waals surface area contributed by atoms with Gasteiger partial charge < -0.3 is 4.74 Å². The zero-order valence-electron chi connectivity index (χ0n) is 12.8. The predicted octanol–water partition coefficient (Wildman–Crippen LogP) is 3.92. The molecule has 0 spiro atoms. The molecule has 0 aliphatic heterocycles. The van der Waals surface area contributed by atoms with Crippen LogP contribution >= 0.6 is 0 Å². The fraction of sp³-hybridized carbons (Fsp3) is 0.333. The number of carbonyl (C=O) groups excluding carboxylic acids is 1. The van der Waals surface area contributed by atoms with E-state index in [1.54, 1.807) is 51.1 Å². The molecule has 21 heavy (non-hydrogen) atoms. The van der Waals surface area contributed by atoms with E-state index in [4.69, 9.17) is 4.74 Å². The molecule has 0 aliphatic carbocycles. The van der Waals surface area contributed by atoms with Crippen molar-refractivity contribution in [3.05, 3.63) is 60.7 Å². The fourth-order valence-electron chi connectivity index (χ4n) is 1.90. The Morgan fingerprint density at radius 3 is 2.43 bits per heavy atom. The van der Waals surface area contributed by atoms with E-state index in [9.17, 15) is 10.1 Å². The van der Waals surface area contributed by atoms with Crippen molar-refractivity contribution in [1.82, 2.24) is 0 Å². The van der Waals surface area contributed by atoms with Crippen molar-refractivity contribution in [2.45, 2.75) is 38.2 Å². The molecule has 3 nitrogen and oxygen atoms in total. The lowest BCUT2D eigenvalue weighted by Crippen LogP contribution is -2.40. The zero-order valence-corrected chi connectivity index (χ0v) is 12.8. The van der Waals surface area contributed by atoms with Gasteiger partial charge in [-0.1, -0.05) is 55.1 Å². The molecule has 0 aromatic heterocycles. The first-order valence-corrected chi connectivity index (χ1v) is 6.83. The molecular weight excluding hydrogens is 262 g/mol. The Morgan fingerprint density at radius 2 is 1.95 bits per heavy atom. The van der Waals surface area contributed by atoms with Crippen molar-refractivity contribution in [2.75, 3.05) is 0 Å². The summed E-state index contributed by atoms with van der Waals surface area (Å²) in [5.41, 5.74) is -1.35. The molecule has 1 aromatic carbocycles. The summed E-state index contributed by atoms with van der Waals surface area (Å²) in [6.45, 7) is 8.97. The highest BCUT2D eigenvalue weighted by atomic mass is 16.6. The summed E-state index contributed by atoms with van der Waals surface area (Å²) in [4.78, 5) is 12.6. The van der Waals surface area contributed by atoms with Gasteiger partial charge in [0.2, 0.25) is 0 Å². The number of ether oxygens (including phenoxy) is 1. The van der Waals surface area contributed by atoms with Crippen LogP contribution in [0.1, 0.15) is 32.8 Å². The van der Waals surface area contributed by atoms with Crippen molar-refractivity contribution in [3.8, 4) is 6.07 Å². The van der Waals surface area contributed by atoms with Gasteiger partial charge in [0, 0.05) is 0 Å². The summed E-state index contributed by atoms with van der Waals surface area (Å²) in [7, 11) is 0. The van der Waals surface area contributed by atoms with Crippen LogP contribution in [0.25, 0.3) is 0 Å². The third kappa shape index (κ3) is 4.32. The number of allylic oxidation sites excluding steroid dienone is 3. The van der Waals surface area contributed by atoms with Gasteiger partial charge in [0.05, 0.1) is 6.07 Å². The van der Waals surface area contributed by atoms with Gasteiger partial charge in [-0.15, -0.1) is 0 Å². The van der Waals surface area contributed by atoms with Crippen LogP contribution < -0.4 is 0 Å². The average Bonchev–Trinajstić information content (AvgIpc) is 2.43. The number of hydrogen-bond acceptors (Lipinski definition) is 3. The molecule has 3 heteroatoms. The van der Waals surface area contributed by atoms with E-state index in [2.05, 4.69) is 12.6 Å². The van der Waals surface area contributed by atoms with Gasteiger partial charge in [-0.3, -0.25) is 0 Å². The van der Waals surface area contributed by atoms with Crippen LogP contribution in [0.15, 0.2) is 55.1 Å². The summed E-state index contributed by atoms with van der Waals surface area (Å²) in [6.07, 6.45) is 5.34. The molecular formula is C18H21NO2.